The minimum absolute atomic E-state index is 0.292. The molecule has 1 aromatic heterocycles. The lowest BCUT2D eigenvalue weighted by Crippen LogP contribution is -2.21. The normalized spacial score (nSPS) is 10.1. The quantitative estimate of drug-likeness (QED) is 0.631. The molecule has 6 heteroatoms. The van der Waals surface area contributed by atoms with E-state index in [2.05, 4.69) is 27.9 Å². The molecule has 104 valence electrons. The van der Waals surface area contributed by atoms with Crippen LogP contribution in [0.4, 0.5) is 5.69 Å². The van der Waals surface area contributed by atoms with Crippen LogP contribution in [-0.2, 0) is 9.53 Å². The van der Waals surface area contributed by atoms with Gasteiger partial charge in [-0.2, -0.15) is 11.3 Å². The summed E-state index contributed by atoms with van der Waals surface area (Å²) in [5, 5.41) is 6.19. The highest BCUT2D eigenvalue weighted by molar-refractivity contribution is 14.1. The van der Waals surface area contributed by atoms with Gasteiger partial charge in [0.25, 0.3) is 5.91 Å². The summed E-state index contributed by atoms with van der Waals surface area (Å²) >= 11 is 3.61. The maximum absolute atomic E-state index is 11.7. The molecule has 0 aliphatic rings. The summed E-state index contributed by atoms with van der Waals surface area (Å²) in [7, 11) is 0. The van der Waals surface area contributed by atoms with Gasteiger partial charge in [-0.25, -0.2) is 4.79 Å². The summed E-state index contributed by atoms with van der Waals surface area (Å²) in [5.74, 6) is -0.835. The van der Waals surface area contributed by atoms with Gasteiger partial charge in [0.15, 0.2) is 6.61 Å². The van der Waals surface area contributed by atoms with Crippen molar-refractivity contribution in [2.24, 2.45) is 0 Å². The Morgan fingerprint density at radius 2 is 2.15 bits per heavy atom. The van der Waals surface area contributed by atoms with Crippen molar-refractivity contribution in [3.8, 4) is 0 Å². The number of benzene rings is 1. The first-order valence-corrected chi connectivity index (χ1v) is 7.84. The van der Waals surface area contributed by atoms with Gasteiger partial charge in [0.2, 0.25) is 0 Å². The second kappa shape index (κ2) is 6.85. The number of aryl methyl sites for hydroxylation is 1. The molecule has 0 aliphatic carbocycles. The van der Waals surface area contributed by atoms with Crippen molar-refractivity contribution in [1.29, 1.82) is 0 Å². The van der Waals surface area contributed by atoms with Crippen LogP contribution in [0.2, 0.25) is 0 Å². The molecular weight excluding hydrogens is 389 g/mol. The summed E-state index contributed by atoms with van der Waals surface area (Å²) in [6.45, 7) is 1.62. The number of esters is 1. The molecule has 0 unspecified atom stereocenters. The second-order valence-corrected chi connectivity index (χ2v) is 6.12. The second-order valence-electron chi connectivity index (χ2n) is 4.10. The van der Waals surface area contributed by atoms with E-state index in [-0.39, 0.29) is 12.5 Å². The Balaban J connectivity index is 1.88. The standard InChI is InChI=1S/C14H12INO3S/c1-9-6-11(15)2-3-12(9)16-13(17)7-19-14(18)10-4-5-20-8-10/h2-6,8H,7H2,1H3,(H,16,17). The van der Waals surface area contributed by atoms with Gasteiger partial charge in [-0.3, -0.25) is 4.79 Å². The lowest BCUT2D eigenvalue weighted by atomic mass is 10.2. The zero-order valence-corrected chi connectivity index (χ0v) is 13.7. The fourth-order valence-corrected chi connectivity index (χ4v) is 2.82. The number of nitrogens with one attached hydrogen (secondary N) is 1. The number of hydrogen-bond acceptors (Lipinski definition) is 4. The molecule has 0 aliphatic heterocycles. The van der Waals surface area contributed by atoms with Gasteiger partial charge in [-0.15, -0.1) is 0 Å². The average Bonchev–Trinajstić information content (AvgIpc) is 2.93. The Morgan fingerprint density at radius 3 is 2.80 bits per heavy atom. The van der Waals surface area contributed by atoms with E-state index in [1.807, 2.05) is 25.1 Å². The van der Waals surface area contributed by atoms with Gasteiger partial charge in [0.05, 0.1) is 5.56 Å². The highest BCUT2D eigenvalue weighted by Crippen LogP contribution is 2.17. The largest absolute Gasteiger partial charge is 0.452 e. The Morgan fingerprint density at radius 1 is 1.35 bits per heavy atom. The summed E-state index contributed by atoms with van der Waals surface area (Å²) < 4.78 is 6.04. The van der Waals surface area contributed by atoms with E-state index >= 15 is 0 Å². The van der Waals surface area contributed by atoms with Gasteiger partial charge in [0.1, 0.15) is 0 Å². The van der Waals surface area contributed by atoms with Crippen LogP contribution in [0.5, 0.6) is 0 Å². The number of carbonyl (C=O) groups excluding carboxylic acids is 2. The van der Waals surface area contributed by atoms with E-state index < -0.39 is 5.97 Å². The van der Waals surface area contributed by atoms with Crippen molar-refractivity contribution in [2.75, 3.05) is 11.9 Å². The number of thiophene rings is 1. The predicted molar refractivity (Wildman–Crippen MR) is 87.1 cm³/mol. The zero-order valence-electron chi connectivity index (χ0n) is 10.7. The maximum atomic E-state index is 11.7. The van der Waals surface area contributed by atoms with Gasteiger partial charge < -0.3 is 10.1 Å². The highest BCUT2D eigenvalue weighted by Gasteiger charge is 2.11. The molecule has 0 bridgehead atoms. The topological polar surface area (TPSA) is 55.4 Å². The van der Waals surface area contributed by atoms with Crippen LogP contribution < -0.4 is 5.32 Å². The monoisotopic (exact) mass is 401 g/mol. The van der Waals surface area contributed by atoms with E-state index in [0.29, 0.717) is 5.56 Å². The smallest absolute Gasteiger partial charge is 0.339 e. The molecule has 0 saturated heterocycles. The molecule has 20 heavy (non-hydrogen) atoms. The van der Waals surface area contributed by atoms with Crippen molar-refractivity contribution in [2.45, 2.75) is 6.92 Å². The number of amides is 1. The lowest BCUT2D eigenvalue weighted by Gasteiger charge is -2.09. The van der Waals surface area contributed by atoms with E-state index in [1.165, 1.54) is 11.3 Å². The Hall–Kier alpha value is -1.41. The van der Waals surface area contributed by atoms with Crippen LogP contribution in [0, 0.1) is 10.5 Å². The number of hydrogen-bond donors (Lipinski definition) is 1. The first-order chi connectivity index (χ1) is 9.56. The number of anilines is 1. The van der Waals surface area contributed by atoms with Crippen LogP contribution in [0.25, 0.3) is 0 Å². The van der Waals surface area contributed by atoms with Crippen LogP contribution in [0.1, 0.15) is 15.9 Å². The molecule has 4 nitrogen and oxygen atoms in total. The van der Waals surface area contributed by atoms with Crippen molar-refractivity contribution in [3.63, 3.8) is 0 Å². The number of ether oxygens (including phenoxy) is 1. The molecule has 0 atom stereocenters. The molecule has 1 N–H and O–H groups in total. The van der Waals surface area contributed by atoms with Crippen molar-refractivity contribution in [3.05, 3.63) is 49.7 Å². The molecule has 1 heterocycles. The van der Waals surface area contributed by atoms with Gasteiger partial charge >= 0.3 is 5.97 Å². The summed E-state index contributed by atoms with van der Waals surface area (Å²) in [6, 6.07) is 7.36. The van der Waals surface area contributed by atoms with E-state index in [0.717, 1.165) is 14.8 Å². The summed E-state index contributed by atoms with van der Waals surface area (Å²) in [4.78, 5) is 23.3. The van der Waals surface area contributed by atoms with Crippen LogP contribution in [0.15, 0.2) is 35.0 Å². The van der Waals surface area contributed by atoms with Gasteiger partial charge in [-0.1, -0.05) is 0 Å². The van der Waals surface area contributed by atoms with Crippen molar-refractivity contribution < 1.29 is 14.3 Å². The fraction of sp³-hybridized carbons (Fsp3) is 0.143. The third kappa shape index (κ3) is 4.04. The number of halogens is 1. The molecule has 0 fully saturated rings. The Kier molecular flexibility index (Phi) is 5.13. The third-order valence-corrected chi connectivity index (χ3v) is 3.91. The molecule has 1 aromatic carbocycles. The first kappa shape index (κ1) is 15.0. The Bertz CT molecular complexity index is 625. The van der Waals surface area contributed by atoms with Crippen LogP contribution in [0.3, 0.4) is 0 Å². The molecule has 0 saturated carbocycles. The summed E-state index contributed by atoms with van der Waals surface area (Å²) in [5.41, 5.74) is 2.16. The fourth-order valence-electron chi connectivity index (χ4n) is 1.55. The lowest BCUT2D eigenvalue weighted by molar-refractivity contribution is -0.119. The van der Waals surface area contributed by atoms with Crippen molar-refractivity contribution >= 4 is 51.5 Å². The van der Waals surface area contributed by atoms with Crippen molar-refractivity contribution in [1.82, 2.24) is 0 Å². The molecule has 2 aromatic rings. The average molecular weight is 401 g/mol. The zero-order chi connectivity index (χ0) is 14.5. The van der Waals surface area contributed by atoms with Gasteiger partial charge in [-0.05, 0) is 64.7 Å². The van der Waals surface area contributed by atoms with E-state index in [9.17, 15) is 9.59 Å². The molecular formula is C14H12INO3S. The molecule has 0 radical (unpaired) electrons. The van der Waals surface area contributed by atoms with Crippen LogP contribution in [-0.4, -0.2) is 18.5 Å². The maximum Gasteiger partial charge on any atom is 0.339 e. The number of carbonyl (C=O) groups is 2. The minimum atomic E-state index is -0.485. The first-order valence-electron chi connectivity index (χ1n) is 5.81. The Labute approximate surface area is 134 Å². The predicted octanol–water partition coefficient (Wildman–Crippen LogP) is 3.46. The SMILES string of the molecule is Cc1cc(I)ccc1NC(=O)COC(=O)c1ccsc1. The highest BCUT2D eigenvalue weighted by atomic mass is 127. The van der Waals surface area contributed by atoms with E-state index in [1.54, 1.807) is 16.8 Å². The van der Waals surface area contributed by atoms with Crippen LogP contribution >= 0.6 is 33.9 Å². The summed E-state index contributed by atoms with van der Waals surface area (Å²) in [6.07, 6.45) is 0. The number of rotatable bonds is 4. The van der Waals surface area contributed by atoms with E-state index in [4.69, 9.17) is 4.74 Å². The third-order valence-electron chi connectivity index (χ3n) is 2.55. The molecule has 1 amide bonds. The minimum Gasteiger partial charge on any atom is -0.452 e. The molecule has 0 spiro atoms. The molecule has 2 rings (SSSR count). The van der Waals surface area contributed by atoms with Gasteiger partial charge in [0, 0.05) is 14.6 Å².